The van der Waals surface area contributed by atoms with Gasteiger partial charge in [-0.3, -0.25) is 9.98 Å². The van der Waals surface area contributed by atoms with Gasteiger partial charge in [0.15, 0.2) is 11.4 Å². The van der Waals surface area contributed by atoms with Crippen molar-refractivity contribution in [2.45, 2.75) is 0 Å². The van der Waals surface area contributed by atoms with Gasteiger partial charge >= 0.3 is 0 Å². The molecule has 1 aliphatic rings. The van der Waals surface area contributed by atoms with E-state index in [0.717, 1.165) is 38.6 Å². The number of anilines is 1. The SMILES string of the molecule is Nc1ncc(C2=CCN=C2)c2cc(-c3cccc4cnccc34)oc12. The fourth-order valence-corrected chi connectivity index (χ4v) is 3.28. The maximum absolute atomic E-state index is 6.11. The number of furan rings is 1. The number of hydrogen-bond donors (Lipinski definition) is 1. The fourth-order valence-electron chi connectivity index (χ4n) is 3.28. The lowest BCUT2D eigenvalue weighted by Gasteiger charge is -2.02. The summed E-state index contributed by atoms with van der Waals surface area (Å²) >= 11 is 0. The second-order valence-electron chi connectivity index (χ2n) is 5.97. The largest absolute Gasteiger partial charge is 0.452 e. The normalized spacial score (nSPS) is 13.7. The zero-order valence-corrected chi connectivity index (χ0v) is 13.3. The third kappa shape index (κ3) is 2.13. The number of aliphatic imine (C=N–C) groups is 1. The highest BCUT2D eigenvalue weighted by Gasteiger charge is 2.17. The summed E-state index contributed by atoms with van der Waals surface area (Å²) in [6, 6.07) is 10.1. The number of aromatic nitrogens is 2. The summed E-state index contributed by atoms with van der Waals surface area (Å²) in [6.07, 6.45) is 9.36. The Balaban J connectivity index is 1.79. The van der Waals surface area contributed by atoms with Gasteiger partial charge in [0.25, 0.3) is 0 Å². The van der Waals surface area contributed by atoms with Crippen molar-refractivity contribution in [3.05, 3.63) is 60.6 Å². The van der Waals surface area contributed by atoms with Crippen LogP contribution in [0.1, 0.15) is 5.56 Å². The van der Waals surface area contributed by atoms with Crippen LogP contribution in [0, 0.1) is 0 Å². The van der Waals surface area contributed by atoms with Crippen LogP contribution in [0.5, 0.6) is 0 Å². The molecule has 0 fully saturated rings. The van der Waals surface area contributed by atoms with E-state index in [1.807, 2.05) is 42.7 Å². The van der Waals surface area contributed by atoms with Crippen molar-refractivity contribution in [3.8, 4) is 11.3 Å². The van der Waals surface area contributed by atoms with Crippen molar-refractivity contribution in [2.75, 3.05) is 12.3 Å². The molecule has 2 N–H and O–H groups in total. The maximum Gasteiger partial charge on any atom is 0.177 e. The van der Waals surface area contributed by atoms with Crippen LogP contribution in [0.3, 0.4) is 0 Å². The molecule has 0 radical (unpaired) electrons. The Kier molecular flexibility index (Phi) is 2.94. The Labute approximate surface area is 143 Å². The van der Waals surface area contributed by atoms with E-state index in [2.05, 4.69) is 21.0 Å². The molecule has 3 aromatic heterocycles. The van der Waals surface area contributed by atoms with Crippen molar-refractivity contribution < 1.29 is 4.42 Å². The Hall–Kier alpha value is -3.47. The molecule has 5 rings (SSSR count). The minimum atomic E-state index is 0.391. The van der Waals surface area contributed by atoms with E-state index in [4.69, 9.17) is 10.2 Å². The number of benzene rings is 1. The number of rotatable bonds is 2. The first-order valence-corrected chi connectivity index (χ1v) is 8.03. The minimum Gasteiger partial charge on any atom is -0.452 e. The summed E-state index contributed by atoms with van der Waals surface area (Å²) < 4.78 is 6.11. The molecule has 0 amide bonds. The molecule has 0 atom stereocenters. The third-order valence-electron chi connectivity index (χ3n) is 4.49. The van der Waals surface area contributed by atoms with Gasteiger partial charge in [0.1, 0.15) is 5.76 Å². The van der Waals surface area contributed by atoms with Gasteiger partial charge in [-0.15, -0.1) is 0 Å². The molecular formula is C20H14N4O. The number of nitrogens with two attached hydrogens (primary N) is 1. The predicted molar refractivity (Wildman–Crippen MR) is 100 cm³/mol. The first-order valence-electron chi connectivity index (χ1n) is 8.03. The lowest BCUT2D eigenvalue weighted by atomic mass is 10.0. The molecule has 1 aromatic carbocycles. The Morgan fingerprint density at radius 1 is 1.04 bits per heavy atom. The minimum absolute atomic E-state index is 0.391. The van der Waals surface area contributed by atoms with Crippen LogP contribution in [0.2, 0.25) is 0 Å². The Bertz CT molecular complexity index is 1180. The van der Waals surface area contributed by atoms with E-state index in [-0.39, 0.29) is 0 Å². The van der Waals surface area contributed by atoms with Gasteiger partial charge in [0, 0.05) is 46.7 Å². The van der Waals surface area contributed by atoms with Crippen LogP contribution in [0.25, 0.3) is 38.6 Å². The fraction of sp³-hybridized carbons (Fsp3) is 0.0500. The number of pyridine rings is 2. The molecule has 0 spiro atoms. The van der Waals surface area contributed by atoms with Crippen LogP contribution >= 0.6 is 0 Å². The molecule has 0 aliphatic carbocycles. The number of allylic oxidation sites excluding steroid dienone is 1. The summed E-state index contributed by atoms with van der Waals surface area (Å²) in [4.78, 5) is 12.7. The molecule has 25 heavy (non-hydrogen) atoms. The van der Waals surface area contributed by atoms with E-state index < -0.39 is 0 Å². The van der Waals surface area contributed by atoms with Crippen molar-refractivity contribution in [1.29, 1.82) is 0 Å². The number of nitrogen functional groups attached to an aromatic ring is 1. The first kappa shape index (κ1) is 13.9. The van der Waals surface area contributed by atoms with E-state index in [9.17, 15) is 0 Å². The first-order chi connectivity index (χ1) is 12.3. The second kappa shape index (κ2) is 5.27. The molecule has 5 nitrogen and oxygen atoms in total. The summed E-state index contributed by atoms with van der Waals surface area (Å²) in [5, 5.41) is 3.11. The topological polar surface area (TPSA) is 77.3 Å². The average molecular weight is 326 g/mol. The number of fused-ring (bicyclic) bond motifs is 2. The molecule has 4 heterocycles. The maximum atomic E-state index is 6.11. The smallest absolute Gasteiger partial charge is 0.177 e. The van der Waals surface area contributed by atoms with E-state index in [1.165, 1.54) is 0 Å². The molecule has 120 valence electrons. The predicted octanol–water partition coefficient (Wildman–Crippen LogP) is 4.09. The van der Waals surface area contributed by atoms with Crippen LogP contribution in [-0.2, 0) is 0 Å². The Morgan fingerprint density at radius 3 is 2.88 bits per heavy atom. The van der Waals surface area contributed by atoms with Crippen molar-refractivity contribution >= 4 is 39.3 Å². The van der Waals surface area contributed by atoms with Gasteiger partial charge in [-0.25, -0.2) is 4.98 Å². The molecule has 0 unspecified atom stereocenters. The zero-order chi connectivity index (χ0) is 16.8. The van der Waals surface area contributed by atoms with Crippen LogP contribution in [0.4, 0.5) is 5.82 Å². The molecule has 5 heteroatoms. The summed E-state index contributed by atoms with van der Waals surface area (Å²) in [5.74, 6) is 1.16. The second-order valence-corrected chi connectivity index (χ2v) is 5.97. The van der Waals surface area contributed by atoms with Crippen molar-refractivity contribution in [1.82, 2.24) is 9.97 Å². The summed E-state index contributed by atoms with van der Waals surface area (Å²) in [7, 11) is 0. The Morgan fingerprint density at radius 2 is 2.00 bits per heavy atom. The van der Waals surface area contributed by atoms with Crippen molar-refractivity contribution in [3.63, 3.8) is 0 Å². The van der Waals surface area contributed by atoms with Gasteiger partial charge in [-0.2, -0.15) is 0 Å². The quantitative estimate of drug-likeness (QED) is 0.602. The molecule has 0 bridgehead atoms. The number of hydrogen-bond acceptors (Lipinski definition) is 5. The average Bonchev–Trinajstić information content (AvgIpc) is 3.32. The van der Waals surface area contributed by atoms with Gasteiger partial charge in [-0.1, -0.05) is 24.3 Å². The highest BCUT2D eigenvalue weighted by Crippen LogP contribution is 2.37. The zero-order valence-electron chi connectivity index (χ0n) is 13.3. The highest BCUT2D eigenvalue weighted by atomic mass is 16.3. The van der Waals surface area contributed by atoms with Crippen LogP contribution in [0.15, 0.2) is 64.4 Å². The summed E-state index contributed by atoms with van der Waals surface area (Å²) in [6.45, 7) is 0.697. The molecule has 4 aromatic rings. The van der Waals surface area contributed by atoms with E-state index in [0.29, 0.717) is 17.9 Å². The van der Waals surface area contributed by atoms with Gasteiger partial charge in [-0.05, 0) is 23.1 Å². The van der Waals surface area contributed by atoms with Gasteiger partial charge in [0.05, 0.1) is 6.54 Å². The van der Waals surface area contributed by atoms with Crippen molar-refractivity contribution in [2.24, 2.45) is 4.99 Å². The standard InChI is InChI=1S/C20H14N4O/c21-20-19-16(17(11-24-20)13-4-6-22-10-13)8-18(25-19)15-3-1-2-12-9-23-7-5-14(12)15/h1-5,7-11H,6H2,(H2,21,24). The highest BCUT2D eigenvalue weighted by molar-refractivity contribution is 6.16. The van der Waals surface area contributed by atoms with Crippen LogP contribution in [-0.4, -0.2) is 22.7 Å². The van der Waals surface area contributed by atoms with Gasteiger partial charge in [0.2, 0.25) is 0 Å². The molecule has 0 saturated heterocycles. The molecule has 0 saturated carbocycles. The third-order valence-corrected chi connectivity index (χ3v) is 4.49. The van der Waals surface area contributed by atoms with Gasteiger partial charge < -0.3 is 10.2 Å². The van der Waals surface area contributed by atoms with Crippen LogP contribution < -0.4 is 5.73 Å². The number of nitrogens with zero attached hydrogens (tertiary/aromatic N) is 3. The lowest BCUT2D eigenvalue weighted by Crippen LogP contribution is -1.93. The molecule has 1 aliphatic heterocycles. The van der Waals surface area contributed by atoms with E-state index >= 15 is 0 Å². The molecular weight excluding hydrogens is 312 g/mol. The van der Waals surface area contributed by atoms with E-state index in [1.54, 1.807) is 12.4 Å². The monoisotopic (exact) mass is 326 g/mol. The summed E-state index contributed by atoms with van der Waals surface area (Å²) in [5.41, 5.74) is 9.72. The lowest BCUT2D eigenvalue weighted by molar-refractivity contribution is 0.632.